The quantitative estimate of drug-likeness (QED) is 0.778. The Morgan fingerprint density at radius 1 is 1.41 bits per heavy atom. The van der Waals surface area contributed by atoms with E-state index in [-0.39, 0.29) is 11.2 Å². The molecule has 0 saturated carbocycles. The normalized spacial score (nSPS) is 20.6. The largest absolute Gasteiger partial charge is 0.342 e. The van der Waals surface area contributed by atoms with Crippen LogP contribution in [0.3, 0.4) is 0 Å². The molecule has 1 heterocycles. The highest BCUT2D eigenvalue weighted by atomic mass is 32.1. The maximum Gasteiger partial charge on any atom is 0.235 e. The van der Waals surface area contributed by atoms with Gasteiger partial charge in [-0.3, -0.25) is 4.79 Å². The third-order valence-corrected chi connectivity index (χ3v) is 4.60. The molecular formula is C13H26N2OS. The average Bonchev–Trinajstić information content (AvgIpc) is 2.36. The minimum absolute atomic E-state index is 0.163. The molecule has 0 aromatic rings. The lowest BCUT2D eigenvalue weighted by atomic mass is 10.0. The molecule has 1 fully saturated rings. The van der Waals surface area contributed by atoms with Crippen molar-refractivity contribution in [3.8, 4) is 0 Å². The molecule has 1 aliphatic heterocycles. The van der Waals surface area contributed by atoms with Crippen molar-refractivity contribution in [1.29, 1.82) is 0 Å². The lowest BCUT2D eigenvalue weighted by Gasteiger charge is -2.37. The molecule has 1 aliphatic rings. The monoisotopic (exact) mass is 258 g/mol. The van der Waals surface area contributed by atoms with Crippen molar-refractivity contribution in [2.24, 2.45) is 5.92 Å². The third kappa shape index (κ3) is 3.88. The lowest BCUT2D eigenvalue weighted by Crippen LogP contribution is -2.48. The minimum atomic E-state index is -0.163. The molecule has 0 bridgehead atoms. The topological polar surface area (TPSA) is 23.6 Å². The Balaban J connectivity index is 2.48. The van der Waals surface area contributed by atoms with Gasteiger partial charge in [0.05, 0.1) is 5.25 Å². The lowest BCUT2D eigenvalue weighted by molar-refractivity contribution is -0.132. The van der Waals surface area contributed by atoms with E-state index in [9.17, 15) is 4.79 Å². The molecule has 3 nitrogen and oxygen atoms in total. The molecule has 100 valence electrons. The van der Waals surface area contributed by atoms with Crippen LogP contribution in [0.15, 0.2) is 0 Å². The van der Waals surface area contributed by atoms with Gasteiger partial charge in [0, 0.05) is 26.2 Å². The Bertz CT molecular complexity index is 250. The third-order valence-electron chi connectivity index (χ3n) is 3.78. The Morgan fingerprint density at radius 2 is 1.94 bits per heavy atom. The fraction of sp³-hybridized carbons (Fsp3) is 0.923. The van der Waals surface area contributed by atoms with E-state index >= 15 is 0 Å². The standard InChI is InChI=1S/C13H26N2OS/c1-5-15-8-6-11(7-9-15)14(4)13(16)12(17)10(2)3/h10-12,17H,5-9H2,1-4H3. The molecule has 0 radical (unpaired) electrons. The number of amides is 1. The highest BCUT2D eigenvalue weighted by Gasteiger charge is 2.28. The van der Waals surface area contributed by atoms with E-state index in [0.717, 1.165) is 32.5 Å². The van der Waals surface area contributed by atoms with Crippen LogP contribution in [0.5, 0.6) is 0 Å². The molecule has 0 aromatic heterocycles. The molecule has 1 atom stereocenters. The number of rotatable bonds is 4. The zero-order chi connectivity index (χ0) is 13.0. The first-order valence-corrected chi connectivity index (χ1v) is 7.16. The van der Waals surface area contributed by atoms with E-state index in [4.69, 9.17) is 0 Å². The average molecular weight is 258 g/mol. The molecule has 1 amide bonds. The molecule has 17 heavy (non-hydrogen) atoms. The summed E-state index contributed by atoms with van der Waals surface area (Å²) in [6, 6.07) is 0.402. The second-order valence-electron chi connectivity index (χ2n) is 5.30. The summed E-state index contributed by atoms with van der Waals surface area (Å²) < 4.78 is 0. The van der Waals surface area contributed by atoms with Gasteiger partial charge in [0.15, 0.2) is 0 Å². The molecule has 1 saturated heterocycles. The Hall–Kier alpha value is -0.220. The van der Waals surface area contributed by atoms with Crippen LogP contribution in [0.1, 0.15) is 33.6 Å². The van der Waals surface area contributed by atoms with E-state index in [1.807, 2.05) is 25.8 Å². The highest BCUT2D eigenvalue weighted by Crippen LogP contribution is 2.19. The van der Waals surface area contributed by atoms with Gasteiger partial charge in [-0.2, -0.15) is 12.6 Å². The molecule has 0 aliphatic carbocycles. The Kier molecular flexibility index (Phi) is 5.80. The van der Waals surface area contributed by atoms with Crippen molar-refractivity contribution in [2.45, 2.75) is 44.9 Å². The number of hydrogen-bond donors (Lipinski definition) is 1. The highest BCUT2D eigenvalue weighted by molar-refractivity contribution is 7.81. The van der Waals surface area contributed by atoms with E-state index in [0.29, 0.717) is 12.0 Å². The number of thiol groups is 1. The smallest absolute Gasteiger partial charge is 0.235 e. The van der Waals surface area contributed by atoms with Gasteiger partial charge >= 0.3 is 0 Å². The van der Waals surface area contributed by atoms with Crippen molar-refractivity contribution in [3.05, 3.63) is 0 Å². The number of piperidine rings is 1. The van der Waals surface area contributed by atoms with Crippen LogP contribution in [0.2, 0.25) is 0 Å². The van der Waals surface area contributed by atoms with Crippen molar-refractivity contribution >= 4 is 18.5 Å². The van der Waals surface area contributed by atoms with E-state index in [1.54, 1.807) is 0 Å². The summed E-state index contributed by atoms with van der Waals surface area (Å²) in [6.07, 6.45) is 2.18. The van der Waals surface area contributed by atoms with Gasteiger partial charge < -0.3 is 9.80 Å². The van der Waals surface area contributed by atoms with Crippen molar-refractivity contribution in [2.75, 3.05) is 26.7 Å². The SMILES string of the molecule is CCN1CCC(N(C)C(=O)C(S)C(C)C)CC1. The van der Waals surface area contributed by atoms with Crippen LogP contribution in [-0.2, 0) is 4.79 Å². The molecule has 4 heteroatoms. The van der Waals surface area contributed by atoms with E-state index in [2.05, 4.69) is 24.5 Å². The Morgan fingerprint density at radius 3 is 2.35 bits per heavy atom. The summed E-state index contributed by atoms with van der Waals surface area (Å²) in [4.78, 5) is 16.5. The molecule has 0 aromatic carbocycles. The van der Waals surface area contributed by atoms with E-state index < -0.39 is 0 Å². The summed E-state index contributed by atoms with van der Waals surface area (Å²) in [5.41, 5.74) is 0. The number of carbonyl (C=O) groups excluding carboxylic acids is 1. The number of hydrogen-bond acceptors (Lipinski definition) is 3. The van der Waals surface area contributed by atoms with Crippen LogP contribution in [0.4, 0.5) is 0 Å². The maximum atomic E-state index is 12.2. The van der Waals surface area contributed by atoms with Gasteiger partial charge in [-0.15, -0.1) is 0 Å². The van der Waals surface area contributed by atoms with Gasteiger partial charge in [0.2, 0.25) is 5.91 Å². The zero-order valence-corrected chi connectivity index (χ0v) is 12.4. The summed E-state index contributed by atoms with van der Waals surface area (Å²) in [5.74, 6) is 0.474. The Labute approximate surface area is 111 Å². The summed E-state index contributed by atoms with van der Waals surface area (Å²) in [7, 11) is 1.93. The fourth-order valence-corrected chi connectivity index (χ4v) is 2.48. The van der Waals surface area contributed by atoms with Crippen molar-refractivity contribution in [3.63, 3.8) is 0 Å². The summed E-state index contributed by atoms with van der Waals surface area (Å²) in [5, 5.41) is -0.163. The van der Waals surface area contributed by atoms with Gasteiger partial charge in [0.1, 0.15) is 0 Å². The number of carbonyl (C=O) groups is 1. The summed E-state index contributed by atoms with van der Waals surface area (Å²) >= 11 is 4.41. The van der Waals surface area contributed by atoms with Crippen LogP contribution in [0, 0.1) is 5.92 Å². The van der Waals surface area contributed by atoms with Gasteiger partial charge in [0.25, 0.3) is 0 Å². The van der Waals surface area contributed by atoms with Crippen LogP contribution >= 0.6 is 12.6 Å². The fourth-order valence-electron chi connectivity index (χ4n) is 2.30. The van der Waals surface area contributed by atoms with Crippen LogP contribution < -0.4 is 0 Å². The molecule has 0 spiro atoms. The maximum absolute atomic E-state index is 12.2. The zero-order valence-electron chi connectivity index (χ0n) is 11.5. The van der Waals surface area contributed by atoms with Crippen LogP contribution in [-0.4, -0.2) is 53.7 Å². The predicted molar refractivity (Wildman–Crippen MR) is 75.5 cm³/mol. The van der Waals surface area contributed by atoms with Crippen molar-refractivity contribution < 1.29 is 4.79 Å². The molecule has 0 N–H and O–H groups in total. The van der Waals surface area contributed by atoms with E-state index in [1.165, 1.54) is 0 Å². The molecular weight excluding hydrogens is 232 g/mol. The van der Waals surface area contributed by atoms with Crippen LogP contribution in [0.25, 0.3) is 0 Å². The number of likely N-dealkylation sites (tertiary alicyclic amines) is 1. The second kappa shape index (κ2) is 6.64. The second-order valence-corrected chi connectivity index (χ2v) is 5.86. The molecule has 1 rings (SSSR count). The van der Waals surface area contributed by atoms with Gasteiger partial charge in [-0.1, -0.05) is 20.8 Å². The number of nitrogens with zero attached hydrogens (tertiary/aromatic N) is 2. The van der Waals surface area contributed by atoms with Gasteiger partial charge in [-0.25, -0.2) is 0 Å². The first-order valence-electron chi connectivity index (χ1n) is 6.64. The predicted octanol–water partition coefficient (Wildman–Crippen LogP) is 1.88. The van der Waals surface area contributed by atoms with Gasteiger partial charge in [-0.05, 0) is 25.3 Å². The molecule has 1 unspecified atom stereocenters. The van der Waals surface area contributed by atoms with Crippen molar-refractivity contribution in [1.82, 2.24) is 9.80 Å². The first-order chi connectivity index (χ1) is 7.97. The first kappa shape index (κ1) is 14.8. The minimum Gasteiger partial charge on any atom is -0.342 e. The summed E-state index contributed by atoms with van der Waals surface area (Å²) in [6.45, 7) is 9.62.